The molecule has 4 nitrogen and oxygen atoms in total. The van der Waals surface area contributed by atoms with Gasteiger partial charge < -0.3 is 5.32 Å². The van der Waals surface area contributed by atoms with Gasteiger partial charge in [-0.1, -0.05) is 31.5 Å². The van der Waals surface area contributed by atoms with Gasteiger partial charge in [-0.3, -0.25) is 4.79 Å². The number of hydrogen-bond donors (Lipinski definition) is 1. The van der Waals surface area contributed by atoms with Crippen molar-refractivity contribution in [2.75, 3.05) is 0 Å². The molecule has 0 atom stereocenters. The Morgan fingerprint density at radius 2 is 2.17 bits per heavy atom. The molecule has 1 aliphatic rings. The first-order valence-electron chi connectivity index (χ1n) is 8.11. The largest absolute Gasteiger partial charge is 0.349 e. The molecule has 1 N–H and O–H groups in total. The maximum atomic E-state index is 12.6. The molecule has 0 aliphatic heterocycles. The van der Waals surface area contributed by atoms with Crippen LogP contribution < -0.4 is 5.32 Å². The Labute approximate surface area is 141 Å². The van der Waals surface area contributed by atoms with Crippen molar-refractivity contribution >= 4 is 17.5 Å². The van der Waals surface area contributed by atoms with Gasteiger partial charge in [-0.15, -0.1) is 0 Å². The van der Waals surface area contributed by atoms with Gasteiger partial charge in [0, 0.05) is 11.1 Å². The van der Waals surface area contributed by atoms with Crippen molar-refractivity contribution in [2.24, 2.45) is 5.92 Å². The monoisotopic (exact) mass is 331 g/mol. The van der Waals surface area contributed by atoms with Crippen LogP contribution in [0.5, 0.6) is 0 Å². The van der Waals surface area contributed by atoms with Crippen molar-refractivity contribution < 1.29 is 4.79 Å². The van der Waals surface area contributed by atoms with E-state index in [1.165, 1.54) is 0 Å². The Balaban J connectivity index is 2.03. The first-order chi connectivity index (χ1) is 11.0. The molecule has 0 bridgehead atoms. The minimum absolute atomic E-state index is 0.00562. The van der Waals surface area contributed by atoms with E-state index in [-0.39, 0.29) is 5.91 Å². The number of rotatable bonds is 5. The summed E-state index contributed by atoms with van der Waals surface area (Å²) < 4.78 is 1.82. The van der Waals surface area contributed by atoms with E-state index in [9.17, 15) is 4.79 Å². The van der Waals surface area contributed by atoms with Crippen LogP contribution in [0.2, 0.25) is 5.02 Å². The van der Waals surface area contributed by atoms with Crippen molar-refractivity contribution in [1.29, 1.82) is 0 Å². The van der Waals surface area contributed by atoms with Gasteiger partial charge in [-0.05, 0) is 50.3 Å². The van der Waals surface area contributed by atoms with Gasteiger partial charge in [0.1, 0.15) is 0 Å². The molecule has 1 saturated carbocycles. The second-order valence-electron chi connectivity index (χ2n) is 6.64. The Kier molecular flexibility index (Phi) is 4.44. The highest BCUT2D eigenvalue weighted by Gasteiger charge is 2.28. The van der Waals surface area contributed by atoms with Crippen LogP contribution in [0.1, 0.15) is 48.4 Å². The number of nitrogens with zero attached hydrogens (tertiary/aromatic N) is 2. The van der Waals surface area contributed by atoms with E-state index in [1.807, 2.05) is 35.9 Å². The van der Waals surface area contributed by atoms with Crippen LogP contribution >= 0.6 is 11.6 Å². The fourth-order valence-electron chi connectivity index (χ4n) is 2.73. The summed E-state index contributed by atoms with van der Waals surface area (Å²) in [6, 6.07) is 7.88. The van der Waals surface area contributed by atoms with Crippen LogP contribution in [0.15, 0.2) is 24.3 Å². The van der Waals surface area contributed by atoms with Gasteiger partial charge in [0.05, 0.1) is 22.6 Å². The maximum absolute atomic E-state index is 12.6. The van der Waals surface area contributed by atoms with Crippen LogP contribution in [-0.2, 0) is 6.42 Å². The number of aromatic nitrogens is 2. The van der Waals surface area contributed by atoms with E-state index in [1.54, 1.807) is 0 Å². The molecule has 1 heterocycles. The molecule has 122 valence electrons. The summed E-state index contributed by atoms with van der Waals surface area (Å²) in [5.41, 5.74) is 3.31. The second kappa shape index (κ2) is 6.36. The fraction of sp³-hybridized carbons (Fsp3) is 0.444. The summed E-state index contributed by atoms with van der Waals surface area (Å²) in [5, 5.41) is 8.45. The lowest BCUT2D eigenvalue weighted by molar-refractivity contribution is 0.0949. The second-order valence-corrected chi connectivity index (χ2v) is 7.08. The van der Waals surface area contributed by atoms with Gasteiger partial charge in [0.15, 0.2) is 0 Å². The Morgan fingerprint density at radius 3 is 2.78 bits per heavy atom. The van der Waals surface area contributed by atoms with Crippen molar-refractivity contribution in [1.82, 2.24) is 15.1 Å². The van der Waals surface area contributed by atoms with Crippen LogP contribution in [0.3, 0.4) is 0 Å². The minimum Gasteiger partial charge on any atom is -0.349 e. The highest BCUT2D eigenvalue weighted by molar-refractivity contribution is 6.30. The molecular weight excluding hydrogens is 310 g/mol. The maximum Gasteiger partial charge on any atom is 0.255 e. The van der Waals surface area contributed by atoms with Crippen LogP contribution in [0.25, 0.3) is 5.69 Å². The number of halogens is 1. The average molecular weight is 332 g/mol. The zero-order chi connectivity index (χ0) is 16.6. The molecule has 0 unspecified atom stereocenters. The van der Waals surface area contributed by atoms with E-state index < -0.39 is 0 Å². The van der Waals surface area contributed by atoms with Crippen molar-refractivity contribution in [3.8, 4) is 5.69 Å². The topological polar surface area (TPSA) is 46.9 Å². The molecule has 1 aromatic carbocycles. The Bertz CT molecular complexity index is 732. The molecule has 0 saturated heterocycles. The number of nitrogens with one attached hydrogen (secondary N) is 1. The SMILES string of the molecule is Cc1c(C(=O)NC2CC2)c(CC(C)C)nn1-c1cccc(Cl)c1. The molecule has 1 amide bonds. The number of amides is 1. The lowest BCUT2D eigenvalue weighted by Crippen LogP contribution is -2.27. The third-order valence-corrected chi connectivity index (χ3v) is 4.22. The van der Waals surface area contributed by atoms with E-state index in [2.05, 4.69) is 19.2 Å². The lowest BCUT2D eigenvalue weighted by Gasteiger charge is -2.07. The average Bonchev–Trinajstić information content (AvgIpc) is 3.21. The number of carbonyl (C=O) groups excluding carboxylic acids is 1. The molecule has 0 spiro atoms. The van der Waals surface area contributed by atoms with Crippen molar-refractivity contribution in [3.63, 3.8) is 0 Å². The summed E-state index contributed by atoms with van der Waals surface area (Å²) >= 11 is 6.10. The van der Waals surface area contributed by atoms with Gasteiger partial charge in [-0.2, -0.15) is 5.10 Å². The molecule has 1 aromatic heterocycles. The number of hydrogen-bond acceptors (Lipinski definition) is 2. The zero-order valence-corrected chi connectivity index (χ0v) is 14.5. The molecule has 3 rings (SSSR count). The smallest absolute Gasteiger partial charge is 0.255 e. The van der Waals surface area contributed by atoms with Crippen molar-refractivity contribution in [3.05, 3.63) is 46.2 Å². The fourth-order valence-corrected chi connectivity index (χ4v) is 2.91. The summed E-state index contributed by atoms with van der Waals surface area (Å²) in [5.74, 6) is 0.429. The molecule has 1 fully saturated rings. The molecule has 1 aliphatic carbocycles. The third kappa shape index (κ3) is 3.58. The van der Waals surface area contributed by atoms with Crippen LogP contribution in [0, 0.1) is 12.8 Å². The third-order valence-electron chi connectivity index (χ3n) is 3.98. The highest BCUT2D eigenvalue weighted by atomic mass is 35.5. The van der Waals surface area contributed by atoms with Gasteiger partial charge in [0.2, 0.25) is 0 Å². The first-order valence-corrected chi connectivity index (χ1v) is 8.48. The van der Waals surface area contributed by atoms with Gasteiger partial charge in [0.25, 0.3) is 5.91 Å². The predicted octanol–water partition coefficient (Wildman–Crippen LogP) is 3.92. The summed E-state index contributed by atoms with van der Waals surface area (Å²) in [7, 11) is 0. The summed E-state index contributed by atoms with van der Waals surface area (Å²) in [6.07, 6.45) is 2.93. The number of benzene rings is 1. The quantitative estimate of drug-likeness (QED) is 0.902. The van der Waals surface area contributed by atoms with E-state index in [0.29, 0.717) is 22.5 Å². The zero-order valence-electron chi connectivity index (χ0n) is 13.8. The molecule has 2 aromatic rings. The normalized spacial score (nSPS) is 14.3. The highest BCUT2D eigenvalue weighted by Crippen LogP contribution is 2.25. The Morgan fingerprint density at radius 1 is 1.43 bits per heavy atom. The summed E-state index contributed by atoms with van der Waals surface area (Å²) in [4.78, 5) is 12.6. The lowest BCUT2D eigenvalue weighted by atomic mass is 10.0. The summed E-state index contributed by atoms with van der Waals surface area (Å²) in [6.45, 7) is 6.21. The van der Waals surface area contributed by atoms with E-state index in [4.69, 9.17) is 16.7 Å². The predicted molar refractivity (Wildman–Crippen MR) is 92.3 cm³/mol. The Hall–Kier alpha value is -1.81. The van der Waals surface area contributed by atoms with Gasteiger partial charge in [-0.25, -0.2) is 4.68 Å². The minimum atomic E-state index is -0.00562. The van der Waals surface area contributed by atoms with Crippen molar-refractivity contribution in [2.45, 2.75) is 46.1 Å². The van der Waals surface area contributed by atoms with E-state index in [0.717, 1.165) is 36.3 Å². The van der Waals surface area contributed by atoms with Gasteiger partial charge >= 0.3 is 0 Å². The molecule has 5 heteroatoms. The van der Waals surface area contributed by atoms with Crippen LogP contribution in [-0.4, -0.2) is 21.7 Å². The standard InChI is InChI=1S/C18H22ClN3O/c1-11(2)9-16-17(18(23)20-14-7-8-14)12(3)22(21-16)15-6-4-5-13(19)10-15/h4-6,10-11,14H,7-9H2,1-3H3,(H,20,23). The molecular formula is C18H22ClN3O. The van der Waals surface area contributed by atoms with E-state index >= 15 is 0 Å². The molecule has 0 radical (unpaired) electrons. The van der Waals surface area contributed by atoms with Crippen LogP contribution in [0.4, 0.5) is 0 Å². The first kappa shape index (κ1) is 16.1. The molecule has 23 heavy (non-hydrogen) atoms. The number of carbonyl (C=O) groups is 1.